The van der Waals surface area contributed by atoms with Crippen molar-refractivity contribution < 1.29 is 18.0 Å². The Labute approximate surface area is 82.2 Å². The Hall–Kier alpha value is -1.85. The fraction of sp³-hybridized carbons (Fsp3) is 0.111. The zero-order chi connectivity index (χ0) is 11.1. The molecule has 2 aromatic rings. The first-order valence-corrected chi connectivity index (χ1v) is 4.03. The highest BCUT2D eigenvalue weighted by molar-refractivity contribution is 5.72. The molecule has 0 aliphatic carbocycles. The zero-order valence-corrected chi connectivity index (χ0v) is 7.32. The molecule has 0 aromatic carbocycles. The first kappa shape index (κ1) is 9.70. The van der Waals surface area contributed by atoms with Gasteiger partial charge >= 0.3 is 6.18 Å². The van der Waals surface area contributed by atoms with Crippen molar-refractivity contribution in [2.24, 2.45) is 0 Å². The van der Waals surface area contributed by atoms with Crippen LogP contribution in [0.2, 0.25) is 0 Å². The Morgan fingerprint density at radius 1 is 1.33 bits per heavy atom. The fourth-order valence-corrected chi connectivity index (χ4v) is 1.38. The number of rotatable bonds is 1. The maximum atomic E-state index is 12.5. The minimum atomic E-state index is -4.50. The van der Waals surface area contributed by atoms with Gasteiger partial charge in [-0.25, -0.2) is 4.98 Å². The molecule has 0 radical (unpaired) electrons. The Bertz CT molecular complexity index is 516. The van der Waals surface area contributed by atoms with E-state index < -0.39 is 11.9 Å². The normalized spacial score (nSPS) is 11.9. The van der Waals surface area contributed by atoms with Crippen molar-refractivity contribution in [3.8, 4) is 0 Å². The van der Waals surface area contributed by atoms with E-state index in [-0.39, 0.29) is 11.3 Å². The number of hydrogen-bond donors (Lipinski definition) is 0. The predicted molar refractivity (Wildman–Crippen MR) is 45.6 cm³/mol. The molecule has 0 aliphatic rings. The summed E-state index contributed by atoms with van der Waals surface area (Å²) in [4.78, 5) is 14.1. The maximum Gasteiger partial charge on any atom is 0.431 e. The monoisotopic (exact) mass is 214 g/mol. The number of carbonyl (C=O) groups is 1. The van der Waals surface area contributed by atoms with Gasteiger partial charge in [0.05, 0.1) is 11.7 Å². The summed E-state index contributed by atoms with van der Waals surface area (Å²) in [5.41, 5.74) is -0.661. The van der Waals surface area contributed by atoms with Gasteiger partial charge in [-0.3, -0.25) is 9.20 Å². The molecule has 0 amide bonds. The predicted octanol–water partition coefficient (Wildman–Crippen LogP) is 2.17. The van der Waals surface area contributed by atoms with Crippen LogP contribution in [0.15, 0.2) is 24.4 Å². The lowest BCUT2D eigenvalue weighted by atomic mass is 10.3. The van der Waals surface area contributed by atoms with E-state index in [0.29, 0.717) is 6.29 Å². The van der Waals surface area contributed by atoms with E-state index in [9.17, 15) is 18.0 Å². The number of aldehydes is 1. The molecule has 0 spiro atoms. The topological polar surface area (TPSA) is 34.4 Å². The molecule has 0 N–H and O–H groups in total. The van der Waals surface area contributed by atoms with Crippen LogP contribution in [0.4, 0.5) is 13.2 Å². The van der Waals surface area contributed by atoms with Crippen LogP contribution < -0.4 is 0 Å². The second-order valence-electron chi connectivity index (χ2n) is 2.90. The van der Waals surface area contributed by atoms with Gasteiger partial charge in [-0.2, -0.15) is 13.2 Å². The molecular weight excluding hydrogens is 209 g/mol. The SMILES string of the molecule is O=Cc1ncc2cccc(C(F)(F)F)n12. The Morgan fingerprint density at radius 2 is 2.07 bits per heavy atom. The third-order valence-corrected chi connectivity index (χ3v) is 1.97. The van der Waals surface area contributed by atoms with E-state index in [1.54, 1.807) is 0 Å². The van der Waals surface area contributed by atoms with Crippen molar-refractivity contribution in [3.05, 3.63) is 35.9 Å². The maximum absolute atomic E-state index is 12.5. The summed E-state index contributed by atoms with van der Waals surface area (Å²) in [6.07, 6.45) is -2.99. The van der Waals surface area contributed by atoms with E-state index >= 15 is 0 Å². The van der Waals surface area contributed by atoms with Gasteiger partial charge in [0.15, 0.2) is 12.1 Å². The van der Waals surface area contributed by atoms with E-state index in [0.717, 1.165) is 10.5 Å². The van der Waals surface area contributed by atoms with Crippen molar-refractivity contribution >= 4 is 11.8 Å². The second-order valence-corrected chi connectivity index (χ2v) is 2.90. The first-order valence-electron chi connectivity index (χ1n) is 4.03. The second kappa shape index (κ2) is 3.08. The van der Waals surface area contributed by atoms with Gasteiger partial charge in [0.1, 0.15) is 5.69 Å². The largest absolute Gasteiger partial charge is 0.431 e. The first-order chi connectivity index (χ1) is 7.04. The van der Waals surface area contributed by atoms with Crippen LogP contribution in [0.5, 0.6) is 0 Å². The molecule has 0 saturated carbocycles. The molecule has 2 rings (SSSR count). The summed E-state index contributed by atoms with van der Waals surface area (Å²) in [5, 5.41) is 0. The Morgan fingerprint density at radius 3 is 2.67 bits per heavy atom. The van der Waals surface area contributed by atoms with Gasteiger partial charge in [0.2, 0.25) is 0 Å². The molecule has 0 aliphatic heterocycles. The molecule has 0 bridgehead atoms. The number of alkyl halides is 3. The Kier molecular flexibility index (Phi) is 1.99. The average molecular weight is 214 g/mol. The molecule has 15 heavy (non-hydrogen) atoms. The minimum Gasteiger partial charge on any atom is -0.294 e. The van der Waals surface area contributed by atoms with Crippen LogP contribution in [0.1, 0.15) is 16.3 Å². The summed E-state index contributed by atoms with van der Waals surface area (Å²) >= 11 is 0. The molecule has 0 unspecified atom stereocenters. The number of hydrogen-bond acceptors (Lipinski definition) is 2. The molecule has 2 aromatic heterocycles. The number of imidazole rings is 1. The summed E-state index contributed by atoms with van der Waals surface area (Å²) in [6.45, 7) is 0. The molecule has 3 nitrogen and oxygen atoms in total. The zero-order valence-electron chi connectivity index (χ0n) is 7.32. The van der Waals surface area contributed by atoms with Crippen molar-refractivity contribution in [2.45, 2.75) is 6.18 Å². The lowest BCUT2D eigenvalue weighted by Crippen LogP contribution is -2.12. The standard InChI is InChI=1S/C9H5F3N2O/c10-9(11,12)7-3-1-2-6-4-13-8(5-15)14(6)7/h1-5H. The van der Waals surface area contributed by atoms with Crippen LogP contribution in [0, 0.1) is 0 Å². The highest BCUT2D eigenvalue weighted by atomic mass is 19.4. The van der Waals surface area contributed by atoms with E-state index in [1.165, 1.54) is 18.3 Å². The molecule has 0 saturated heterocycles. The third-order valence-electron chi connectivity index (χ3n) is 1.97. The summed E-state index contributed by atoms with van der Waals surface area (Å²) in [6, 6.07) is 3.63. The Balaban J connectivity index is 2.84. The van der Waals surface area contributed by atoms with Crippen molar-refractivity contribution in [3.63, 3.8) is 0 Å². The number of fused-ring (bicyclic) bond motifs is 1. The van der Waals surface area contributed by atoms with Crippen molar-refractivity contribution in [1.82, 2.24) is 9.38 Å². The van der Waals surface area contributed by atoms with E-state index in [4.69, 9.17) is 0 Å². The molecule has 78 valence electrons. The van der Waals surface area contributed by atoms with Crippen molar-refractivity contribution in [1.29, 1.82) is 0 Å². The van der Waals surface area contributed by atoms with Crippen LogP contribution in [0.25, 0.3) is 5.52 Å². The number of nitrogens with zero attached hydrogens (tertiary/aromatic N) is 2. The number of halogens is 3. The highest BCUT2D eigenvalue weighted by Gasteiger charge is 2.33. The molecule has 0 fully saturated rings. The minimum absolute atomic E-state index is 0.243. The fourth-order valence-electron chi connectivity index (χ4n) is 1.38. The van der Waals surface area contributed by atoms with Gasteiger partial charge in [-0.15, -0.1) is 0 Å². The van der Waals surface area contributed by atoms with Crippen LogP contribution in [-0.2, 0) is 6.18 Å². The van der Waals surface area contributed by atoms with Gasteiger partial charge in [0, 0.05) is 0 Å². The van der Waals surface area contributed by atoms with Gasteiger partial charge < -0.3 is 0 Å². The van der Waals surface area contributed by atoms with Crippen LogP contribution >= 0.6 is 0 Å². The number of pyridine rings is 1. The average Bonchev–Trinajstić information content (AvgIpc) is 2.58. The molecular formula is C9H5F3N2O. The lowest BCUT2D eigenvalue weighted by Gasteiger charge is -2.09. The van der Waals surface area contributed by atoms with Crippen LogP contribution in [-0.4, -0.2) is 15.7 Å². The summed E-state index contributed by atoms with van der Waals surface area (Å²) < 4.78 is 38.4. The molecule has 6 heteroatoms. The highest BCUT2D eigenvalue weighted by Crippen LogP contribution is 2.30. The van der Waals surface area contributed by atoms with Crippen LogP contribution in [0.3, 0.4) is 0 Å². The quantitative estimate of drug-likeness (QED) is 0.682. The summed E-state index contributed by atoms with van der Waals surface area (Å²) in [7, 11) is 0. The van der Waals surface area contributed by atoms with Gasteiger partial charge in [0.25, 0.3) is 0 Å². The van der Waals surface area contributed by atoms with Gasteiger partial charge in [-0.05, 0) is 12.1 Å². The van der Waals surface area contributed by atoms with Gasteiger partial charge in [-0.1, -0.05) is 6.07 Å². The molecule has 0 atom stereocenters. The summed E-state index contributed by atoms with van der Waals surface area (Å²) in [5.74, 6) is -0.252. The van der Waals surface area contributed by atoms with Crippen molar-refractivity contribution in [2.75, 3.05) is 0 Å². The number of carbonyl (C=O) groups excluding carboxylic acids is 1. The number of aromatic nitrogens is 2. The smallest absolute Gasteiger partial charge is 0.294 e. The van der Waals surface area contributed by atoms with E-state index in [1.807, 2.05) is 0 Å². The van der Waals surface area contributed by atoms with E-state index in [2.05, 4.69) is 4.98 Å². The third kappa shape index (κ3) is 1.47. The molecule has 2 heterocycles. The lowest BCUT2D eigenvalue weighted by molar-refractivity contribution is -0.142.